The van der Waals surface area contributed by atoms with Crippen LogP contribution in [-0.2, 0) is 47.7 Å². The molecule has 0 aliphatic carbocycles. The number of hydrogen-bond donors (Lipinski definition) is 0. The Morgan fingerprint density at radius 1 is 0.973 bits per heavy atom. The minimum atomic E-state index is -1.44. The average Bonchev–Trinajstić information content (AvgIpc) is 3.07. The Morgan fingerprint density at radius 2 is 1.54 bits per heavy atom. The second-order valence-corrected chi connectivity index (χ2v) is 9.60. The van der Waals surface area contributed by atoms with Gasteiger partial charge < -0.3 is 23.7 Å². The molecule has 1 amide bonds. The molecule has 3 heterocycles. The Morgan fingerprint density at radius 3 is 2.11 bits per heavy atom. The predicted octanol–water partition coefficient (Wildman–Crippen LogP) is 1.37. The number of thiocarbonyl (C=S) groups is 1. The molecule has 198 valence electrons. The molecule has 2 saturated heterocycles. The number of hydrogen-bond acceptors (Lipinski definition) is 13. The zero-order valence-electron chi connectivity index (χ0n) is 20.3. The number of carbonyl (C=O) groups is 5. The van der Waals surface area contributed by atoms with E-state index < -0.39 is 67.0 Å². The van der Waals surface area contributed by atoms with Crippen molar-refractivity contribution in [2.75, 3.05) is 6.61 Å². The summed E-state index contributed by atoms with van der Waals surface area (Å²) in [6.45, 7) is 4.08. The van der Waals surface area contributed by atoms with Crippen molar-refractivity contribution in [3.8, 4) is 0 Å². The highest BCUT2D eigenvalue weighted by Gasteiger charge is 2.56. The summed E-state index contributed by atoms with van der Waals surface area (Å²) in [6, 6.07) is 3.39. The highest BCUT2D eigenvalue weighted by atomic mass is 32.2. The number of ether oxygens (including phenoxy) is 5. The molecule has 0 aromatic carbocycles. The molecule has 1 aromatic heterocycles. The largest absolute Gasteiger partial charge is 0.463 e. The van der Waals surface area contributed by atoms with Crippen molar-refractivity contribution in [2.24, 2.45) is 0 Å². The van der Waals surface area contributed by atoms with Gasteiger partial charge in [0, 0.05) is 40.1 Å². The summed E-state index contributed by atoms with van der Waals surface area (Å²) in [4.78, 5) is 66.2. The zero-order chi connectivity index (χ0) is 27.3. The van der Waals surface area contributed by atoms with E-state index in [0.29, 0.717) is 5.56 Å². The van der Waals surface area contributed by atoms with Gasteiger partial charge >= 0.3 is 23.9 Å². The maximum atomic E-state index is 13.4. The van der Waals surface area contributed by atoms with E-state index in [-0.39, 0.29) is 9.23 Å². The summed E-state index contributed by atoms with van der Waals surface area (Å²) in [5.41, 5.74) is 0.692. The van der Waals surface area contributed by atoms with Crippen LogP contribution in [0.3, 0.4) is 0 Å². The Hall–Kier alpha value is -3.36. The van der Waals surface area contributed by atoms with Crippen molar-refractivity contribution >= 4 is 64.2 Å². The van der Waals surface area contributed by atoms with Crippen LogP contribution in [-0.4, -0.2) is 81.2 Å². The van der Waals surface area contributed by atoms with Crippen LogP contribution in [0.25, 0.3) is 6.08 Å². The average molecular weight is 553 g/mol. The molecule has 2 aliphatic heterocycles. The van der Waals surface area contributed by atoms with Crippen LogP contribution in [0.2, 0.25) is 0 Å². The number of rotatable bonds is 7. The third-order valence-electron chi connectivity index (χ3n) is 5.05. The van der Waals surface area contributed by atoms with Crippen LogP contribution in [0.4, 0.5) is 0 Å². The van der Waals surface area contributed by atoms with Gasteiger partial charge in [-0.05, 0) is 23.8 Å². The molecule has 0 N–H and O–H groups in total. The zero-order valence-corrected chi connectivity index (χ0v) is 21.9. The molecule has 5 atom stereocenters. The van der Waals surface area contributed by atoms with Gasteiger partial charge in [-0.15, -0.1) is 0 Å². The first-order valence-electron chi connectivity index (χ1n) is 11.0. The van der Waals surface area contributed by atoms with E-state index in [1.807, 2.05) is 0 Å². The number of thioether (sulfide) groups is 1. The second-order valence-electron chi connectivity index (χ2n) is 7.92. The molecule has 37 heavy (non-hydrogen) atoms. The minimum absolute atomic E-state index is 0.0752. The van der Waals surface area contributed by atoms with E-state index >= 15 is 0 Å². The molecular formula is C23H24N2O10S2. The van der Waals surface area contributed by atoms with Gasteiger partial charge in [-0.1, -0.05) is 24.0 Å². The van der Waals surface area contributed by atoms with Gasteiger partial charge in [0.15, 0.2) is 28.9 Å². The SMILES string of the molecule is CC(=O)OC[C@@H]1O[C@@H](N2C(=O)/C(=C/c3ccncc3)SC2=S)[C@@H](OC(C)=O)[C@@H](OC(C)=O)[C@H]1OC(C)=O. The highest BCUT2D eigenvalue weighted by molar-refractivity contribution is 8.26. The molecule has 3 rings (SSSR count). The summed E-state index contributed by atoms with van der Waals surface area (Å²) in [5.74, 6) is -3.54. The number of nitrogens with zero attached hydrogens (tertiary/aromatic N) is 2. The topological polar surface area (TPSA) is 148 Å². The Balaban J connectivity index is 2.05. The van der Waals surface area contributed by atoms with Crippen LogP contribution >= 0.6 is 24.0 Å². The Bertz CT molecular complexity index is 1130. The van der Waals surface area contributed by atoms with Crippen LogP contribution in [0.5, 0.6) is 0 Å². The molecule has 0 radical (unpaired) electrons. The molecule has 2 fully saturated rings. The fourth-order valence-corrected chi connectivity index (χ4v) is 5.03. The molecule has 2 aliphatic rings. The summed E-state index contributed by atoms with van der Waals surface area (Å²) >= 11 is 6.43. The summed E-state index contributed by atoms with van der Waals surface area (Å²) in [5, 5.41) is 0. The molecule has 12 nitrogen and oxygen atoms in total. The van der Waals surface area contributed by atoms with Gasteiger partial charge in [-0.25, -0.2) is 0 Å². The van der Waals surface area contributed by atoms with Crippen molar-refractivity contribution < 1.29 is 47.7 Å². The van der Waals surface area contributed by atoms with Gasteiger partial charge in [-0.2, -0.15) is 0 Å². The first-order valence-corrected chi connectivity index (χ1v) is 12.2. The molecule has 0 unspecified atom stereocenters. The van der Waals surface area contributed by atoms with E-state index in [1.54, 1.807) is 30.6 Å². The van der Waals surface area contributed by atoms with Gasteiger partial charge in [0.1, 0.15) is 12.7 Å². The van der Waals surface area contributed by atoms with Crippen molar-refractivity contribution in [3.05, 3.63) is 35.0 Å². The predicted molar refractivity (Wildman–Crippen MR) is 131 cm³/mol. The summed E-state index contributed by atoms with van der Waals surface area (Å²) in [6.07, 6.45) is -2.09. The monoisotopic (exact) mass is 552 g/mol. The third kappa shape index (κ3) is 7.11. The standard InChI is InChI=1S/C23H24N2O10S2/c1-11(26)31-10-16-18(32-12(2)27)19(33-13(3)28)20(34-14(4)29)22(35-16)25-21(30)17(37-23(25)36)9-15-5-7-24-8-6-15/h5-9,16,18-20,22H,10H2,1-4H3/b17-9-/t16-,18-,19-,20-,22+/m0/s1. The highest BCUT2D eigenvalue weighted by Crippen LogP contribution is 2.39. The van der Waals surface area contributed by atoms with Crippen molar-refractivity contribution in [1.29, 1.82) is 0 Å². The number of pyridine rings is 1. The van der Waals surface area contributed by atoms with Gasteiger partial charge in [0.25, 0.3) is 5.91 Å². The smallest absolute Gasteiger partial charge is 0.303 e. The quantitative estimate of drug-likeness (QED) is 0.208. The fraction of sp³-hybridized carbons (Fsp3) is 0.435. The maximum absolute atomic E-state index is 13.4. The van der Waals surface area contributed by atoms with E-state index in [4.69, 9.17) is 35.9 Å². The number of amides is 1. The maximum Gasteiger partial charge on any atom is 0.303 e. The number of aromatic nitrogens is 1. The van der Waals surface area contributed by atoms with E-state index in [1.165, 1.54) is 0 Å². The number of carbonyl (C=O) groups excluding carboxylic acids is 5. The van der Waals surface area contributed by atoms with E-state index in [9.17, 15) is 24.0 Å². The lowest BCUT2D eigenvalue weighted by atomic mass is 9.96. The first kappa shape index (κ1) is 28.2. The molecular weight excluding hydrogens is 528 g/mol. The lowest BCUT2D eigenvalue weighted by Crippen LogP contribution is -2.66. The summed E-state index contributed by atoms with van der Waals surface area (Å²) in [7, 11) is 0. The molecule has 0 saturated carbocycles. The second kappa shape index (κ2) is 12.3. The van der Waals surface area contributed by atoms with Crippen LogP contribution in [0, 0.1) is 0 Å². The lowest BCUT2D eigenvalue weighted by Gasteiger charge is -2.46. The van der Waals surface area contributed by atoms with Crippen LogP contribution < -0.4 is 0 Å². The molecule has 0 bridgehead atoms. The van der Waals surface area contributed by atoms with Gasteiger partial charge in [0.2, 0.25) is 0 Å². The first-order chi connectivity index (χ1) is 17.5. The van der Waals surface area contributed by atoms with Crippen LogP contribution in [0.1, 0.15) is 33.3 Å². The number of esters is 4. The Kier molecular flexibility index (Phi) is 9.34. The fourth-order valence-electron chi connectivity index (χ4n) is 3.72. The van der Waals surface area contributed by atoms with Gasteiger partial charge in [0.05, 0.1) is 4.91 Å². The molecule has 14 heteroatoms. The molecule has 0 spiro atoms. The summed E-state index contributed by atoms with van der Waals surface area (Å²) < 4.78 is 27.4. The lowest BCUT2D eigenvalue weighted by molar-refractivity contribution is -0.268. The third-order valence-corrected chi connectivity index (χ3v) is 6.38. The van der Waals surface area contributed by atoms with E-state index in [0.717, 1.165) is 44.4 Å². The van der Waals surface area contributed by atoms with Crippen molar-refractivity contribution in [1.82, 2.24) is 9.88 Å². The minimum Gasteiger partial charge on any atom is -0.463 e. The van der Waals surface area contributed by atoms with Crippen molar-refractivity contribution in [3.63, 3.8) is 0 Å². The molecule has 1 aromatic rings. The van der Waals surface area contributed by atoms with Gasteiger partial charge in [-0.3, -0.25) is 33.9 Å². The Labute approximate surface area is 221 Å². The van der Waals surface area contributed by atoms with E-state index in [2.05, 4.69) is 4.98 Å². The van der Waals surface area contributed by atoms with Crippen molar-refractivity contribution in [2.45, 2.75) is 58.3 Å². The van der Waals surface area contributed by atoms with Crippen LogP contribution in [0.15, 0.2) is 29.4 Å². The normalized spacial score (nSPS) is 26.5.